The van der Waals surface area contributed by atoms with E-state index in [9.17, 15) is 0 Å². The molecule has 1 N–H and O–H groups in total. The summed E-state index contributed by atoms with van der Waals surface area (Å²) in [5.41, 5.74) is 0. The van der Waals surface area contributed by atoms with Crippen molar-refractivity contribution in [3.63, 3.8) is 0 Å². The van der Waals surface area contributed by atoms with Crippen LogP contribution < -0.4 is 5.32 Å². The Kier molecular flexibility index (Phi) is 3.34. The van der Waals surface area contributed by atoms with Crippen LogP contribution in [0.25, 0.3) is 0 Å². The maximum atomic E-state index is 8.32. The van der Waals surface area contributed by atoms with Gasteiger partial charge in [-0.1, -0.05) is 6.92 Å². The number of nitrogens with zero attached hydrogens (tertiary/aromatic N) is 2. The Bertz CT molecular complexity index is 150. The molecule has 0 aromatic heterocycles. The van der Waals surface area contributed by atoms with Crippen LogP contribution in [-0.2, 0) is 0 Å². The zero-order valence-electron chi connectivity index (χ0n) is 7.01. The van der Waals surface area contributed by atoms with Crippen LogP contribution in [0.2, 0.25) is 0 Å². The normalized spacial score (nSPS) is 25.3. The van der Waals surface area contributed by atoms with Crippen molar-refractivity contribution in [1.82, 2.24) is 10.2 Å². The Hall–Kier alpha value is -0.590. The highest BCUT2D eigenvalue weighted by Gasteiger charge is 2.19. The van der Waals surface area contributed by atoms with Gasteiger partial charge in [-0.25, -0.2) is 0 Å². The van der Waals surface area contributed by atoms with E-state index in [0.717, 1.165) is 13.1 Å². The van der Waals surface area contributed by atoms with Gasteiger partial charge >= 0.3 is 0 Å². The van der Waals surface area contributed by atoms with Gasteiger partial charge in [0.05, 0.1) is 12.6 Å². The summed E-state index contributed by atoms with van der Waals surface area (Å²) >= 11 is 0. The van der Waals surface area contributed by atoms with E-state index in [0.29, 0.717) is 12.6 Å². The topological polar surface area (TPSA) is 39.1 Å². The molecule has 11 heavy (non-hydrogen) atoms. The lowest BCUT2D eigenvalue weighted by Gasteiger charge is -2.12. The molecule has 1 aliphatic heterocycles. The first-order valence-corrected chi connectivity index (χ1v) is 4.19. The highest BCUT2D eigenvalue weighted by molar-refractivity contribution is 4.84. The predicted molar refractivity (Wildman–Crippen MR) is 44.1 cm³/mol. The lowest BCUT2D eigenvalue weighted by atomic mass is 10.3. The summed E-state index contributed by atoms with van der Waals surface area (Å²) in [7, 11) is 0. The first-order chi connectivity index (χ1) is 5.36. The molecule has 1 heterocycles. The Labute approximate surface area is 68.0 Å². The van der Waals surface area contributed by atoms with Gasteiger partial charge in [0.15, 0.2) is 0 Å². The van der Waals surface area contributed by atoms with Gasteiger partial charge < -0.3 is 10.2 Å². The summed E-state index contributed by atoms with van der Waals surface area (Å²) in [5.74, 6) is 0. The number of likely N-dealkylation sites (tertiary alicyclic amines) is 1. The molecule has 3 nitrogen and oxygen atoms in total. The van der Waals surface area contributed by atoms with E-state index in [4.69, 9.17) is 5.26 Å². The SMILES string of the molecule is CCN1CCC(NCC#N)C1. The van der Waals surface area contributed by atoms with Crippen molar-refractivity contribution in [3.8, 4) is 6.07 Å². The van der Waals surface area contributed by atoms with Crippen LogP contribution >= 0.6 is 0 Å². The molecule has 0 bridgehead atoms. The Morgan fingerprint density at radius 1 is 1.73 bits per heavy atom. The monoisotopic (exact) mass is 153 g/mol. The van der Waals surface area contributed by atoms with Crippen LogP contribution in [0.1, 0.15) is 13.3 Å². The lowest BCUT2D eigenvalue weighted by Crippen LogP contribution is -2.32. The van der Waals surface area contributed by atoms with Crippen LogP contribution in [-0.4, -0.2) is 37.1 Å². The number of rotatable bonds is 3. The molecule has 1 unspecified atom stereocenters. The zero-order valence-corrected chi connectivity index (χ0v) is 7.01. The molecule has 0 saturated carbocycles. The molecule has 0 spiro atoms. The second-order valence-corrected chi connectivity index (χ2v) is 2.92. The van der Waals surface area contributed by atoms with E-state index in [-0.39, 0.29) is 0 Å². The summed E-state index contributed by atoms with van der Waals surface area (Å²) < 4.78 is 0. The van der Waals surface area contributed by atoms with E-state index >= 15 is 0 Å². The minimum atomic E-state index is 0.488. The first kappa shape index (κ1) is 8.51. The van der Waals surface area contributed by atoms with Crippen LogP contribution in [0.5, 0.6) is 0 Å². The molecule has 0 aliphatic carbocycles. The van der Waals surface area contributed by atoms with Crippen molar-refractivity contribution in [2.75, 3.05) is 26.2 Å². The first-order valence-electron chi connectivity index (χ1n) is 4.19. The Morgan fingerprint density at radius 3 is 3.09 bits per heavy atom. The molecule has 0 aromatic carbocycles. The van der Waals surface area contributed by atoms with E-state index in [1.807, 2.05) is 0 Å². The molecular formula is C8H15N3. The third kappa shape index (κ3) is 2.49. The number of likely N-dealkylation sites (N-methyl/N-ethyl adjacent to an activating group) is 1. The van der Waals surface area contributed by atoms with Gasteiger partial charge in [-0.3, -0.25) is 0 Å². The summed E-state index contributed by atoms with van der Waals surface area (Å²) in [6, 6.07) is 2.65. The summed E-state index contributed by atoms with van der Waals surface area (Å²) in [6.07, 6.45) is 1.19. The van der Waals surface area contributed by atoms with Crippen molar-refractivity contribution in [3.05, 3.63) is 0 Å². The van der Waals surface area contributed by atoms with E-state index in [2.05, 4.69) is 23.2 Å². The smallest absolute Gasteiger partial charge is 0.0843 e. The maximum Gasteiger partial charge on any atom is 0.0843 e. The van der Waals surface area contributed by atoms with Gasteiger partial charge in [0.25, 0.3) is 0 Å². The molecule has 1 aliphatic rings. The summed E-state index contributed by atoms with van der Waals surface area (Å²) in [4.78, 5) is 2.40. The van der Waals surface area contributed by atoms with Crippen LogP contribution in [0.3, 0.4) is 0 Å². The summed E-state index contributed by atoms with van der Waals surface area (Å²) in [6.45, 7) is 6.08. The highest BCUT2D eigenvalue weighted by Crippen LogP contribution is 2.07. The molecule has 1 fully saturated rings. The van der Waals surface area contributed by atoms with E-state index in [1.54, 1.807) is 0 Å². The number of nitrogens with one attached hydrogen (secondary N) is 1. The van der Waals surface area contributed by atoms with Gasteiger partial charge in [-0.2, -0.15) is 5.26 Å². The average Bonchev–Trinajstić information content (AvgIpc) is 2.48. The molecule has 1 saturated heterocycles. The fourth-order valence-corrected chi connectivity index (χ4v) is 1.48. The Balaban J connectivity index is 2.15. The van der Waals surface area contributed by atoms with Crippen LogP contribution in [0, 0.1) is 11.3 Å². The van der Waals surface area contributed by atoms with Crippen molar-refractivity contribution < 1.29 is 0 Å². The van der Waals surface area contributed by atoms with Crippen molar-refractivity contribution in [2.24, 2.45) is 0 Å². The minimum Gasteiger partial charge on any atom is -0.302 e. The third-order valence-corrected chi connectivity index (χ3v) is 2.19. The maximum absolute atomic E-state index is 8.32. The van der Waals surface area contributed by atoms with E-state index < -0.39 is 0 Å². The van der Waals surface area contributed by atoms with Gasteiger partial charge in [0.1, 0.15) is 0 Å². The van der Waals surface area contributed by atoms with E-state index in [1.165, 1.54) is 13.0 Å². The highest BCUT2D eigenvalue weighted by atomic mass is 15.2. The standard InChI is InChI=1S/C8H15N3/c1-2-11-6-3-8(7-11)10-5-4-9/h8,10H,2-3,5-7H2,1H3. The largest absolute Gasteiger partial charge is 0.302 e. The molecule has 0 amide bonds. The second-order valence-electron chi connectivity index (χ2n) is 2.92. The number of hydrogen-bond acceptors (Lipinski definition) is 3. The number of hydrogen-bond donors (Lipinski definition) is 1. The molecule has 0 radical (unpaired) electrons. The van der Waals surface area contributed by atoms with Crippen molar-refractivity contribution >= 4 is 0 Å². The molecule has 1 atom stereocenters. The van der Waals surface area contributed by atoms with Crippen molar-refractivity contribution in [2.45, 2.75) is 19.4 Å². The fraction of sp³-hybridized carbons (Fsp3) is 0.875. The number of nitriles is 1. The quantitative estimate of drug-likeness (QED) is 0.588. The molecule has 62 valence electrons. The average molecular weight is 153 g/mol. The van der Waals surface area contributed by atoms with Gasteiger partial charge in [-0.15, -0.1) is 0 Å². The second kappa shape index (κ2) is 4.32. The van der Waals surface area contributed by atoms with Gasteiger partial charge in [-0.05, 0) is 19.5 Å². The molecule has 3 heteroatoms. The zero-order chi connectivity index (χ0) is 8.10. The molecular weight excluding hydrogens is 138 g/mol. The van der Waals surface area contributed by atoms with Gasteiger partial charge in [0.2, 0.25) is 0 Å². The van der Waals surface area contributed by atoms with Crippen LogP contribution in [0.4, 0.5) is 0 Å². The van der Waals surface area contributed by atoms with Crippen molar-refractivity contribution in [1.29, 1.82) is 5.26 Å². The molecule has 1 rings (SSSR count). The molecule has 0 aromatic rings. The fourth-order valence-electron chi connectivity index (χ4n) is 1.48. The Morgan fingerprint density at radius 2 is 2.55 bits per heavy atom. The minimum absolute atomic E-state index is 0.488. The predicted octanol–water partition coefficient (Wildman–Crippen LogP) is 0.194. The third-order valence-electron chi connectivity index (χ3n) is 2.19. The summed E-state index contributed by atoms with van der Waals surface area (Å²) in [5, 5.41) is 11.5. The van der Waals surface area contributed by atoms with Gasteiger partial charge in [0, 0.05) is 12.6 Å². The van der Waals surface area contributed by atoms with Crippen LogP contribution in [0.15, 0.2) is 0 Å². The lowest BCUT2D eigenvalue weighted by molar-refractivity contribution is 0.347.